The predicted octanol–water partition coefficient (Wildman–Crippen LogP) is 2.32. The maximum absolute atomic E-state index is 5.40. The Morgan fingerprint density at radius 2 is 2.29 bits per heavy atom. The van der Waals surface area contributed by atoms with Crippen molar-refractivity contribution >= 4 is 6.08 Å². The summed E-state index contributed by atoms with van der Waals surface area (Å²) in [5.74, 6) is 0.930. The molecule has 0 bridgehead atoms. The predicted molar refractivity (Wildman–Crippen MR) is 60.6 cm³/mol. The van der Waals surface area contributed by atoms with E-state index in [9.17, 15) is 0 Å². The smallest absolute Gasteiger partial charge is 0.119 e. The molecule has 0 heterocycles. The molecule has 0 unspecified atom stereocenters. The zero-order valence-corrected chi connectivity index (χ0v) is 8.79. The average molecular weight is 191 g/mol. The van der Waals surface area contributed by atoms with E-state index >= 15 is 0 Å². The second-order valence-corrected chi connectivity index (χ2v) is 2.97. The Kier molecular flexibility index (Phi) is 4.79. The van der Waals surface area contributed by atoms with E-state index in [0.717, 1.165) is 12.3 Å². The molecule has 0 aliphatic carbocycles. The van der Waals surface area contributed by atoms with Crippen molar-refractivity contribution in [2.24, 2.45) is 0 Å². The number of rotatable bonds is 5. The lowest BCUT2D eigenvalue weighted by molar-refractivity contribution is 0.340. The summed E-state index contributed by atoms with van der Waals surface area (Å²) in [6, 6.07) is 8.08. The van der Waals surface area contributed by atoms with Crippen molar-refractivity contribution in [3.8, 4) is 5.75 Å². The molecule has 1 N–H and O–H groups in total. The minimum atomic E-state index is 0.712. The van der Waals surface area contributed by atoms with E-state index in [2.05, 4.69) is 23.5 Å². The van der Waals surface area contributed by atoms with Crippen molar-refractivity contribution in [1.29, 1.82) is 0 Å². The summed E-state index contributed by atoms with van der Waals surface area (Å²) in [4.78, 5) is 0. The summed E-state index contributed by atoms with van der Waals surface area (Å²) in [7, 11) is 1.93. The van der Waals surface area contributed by atoms with E-state index in [0.29, 0.717) is 6.61 Å². The van der Waals surface area contributed by atoms with E-state index in [1.165, 1.54) is 5.56 Å². The first kappa shape index (κ1) is 10.8. The van der Waals surface area contributed by atoms with E-state index < -0.39 is 0 Å². The standard InChI is InChI=1S/C12H17NO/c1-3-14-12-8-4-6-11(10-12)7-5-9-13-2/h4-8,10,13H,3,9H2,1-2H3. The molecule has 0 radical (unpaired) electrons. The Hall–Kier alpha value is -1.28. The van der Waals surface area contributed by atoms with E-state index in [1.807, 2.05) is 32.2 Å². The van der Waals surface area contributed by atoms with Crippen LogP contribution in [0.25, 0.3) is 6.08 Å². The molecular formula is C12H17NO. The molecule has 76 valence electrons. The van der Waals surface area contributed by atoms with Crippen molar-refractivity contribution in [3.63, 3.8) is 0 Å². The lowest BCUT2D eigenvalue weighted by Gasteiger charge is -2.02. The van der Waals surface area contributed by atoms with Crippen molar-refractivity contribution in [2.75, 3.05) is 20.2 Å². The highest BCUT2D eigenvalue weighted by molar-refractivity contribution is 5.51. The van der Waals surface area contributed by atoms with Gasteiger partial charge in [0.1, 0.15) is 5.75 Å². The molecule has 0 aromatic heterocycles. The van der Waals surface area contributed by atoms with Crippen molar-refractivity contribution in [3.05, 3.63) is 35.9 Å². The molecule has 0 aliphatic rings. The SMILES string of the molecule is CCOc1cccc(C=CCNC)c1. The van der Waals surface area contributed by atoms with Gasteiger partial charge in [0.25, 0.3) is 0 Å². The first-order valence-corrected chi connectivity index (χ1v) is 4.91. The van der Waals surface area contributed by atoms with Crippen LogP contribution < -0.4 is 10.1 Å². The average Bonchev–Trinajstić information content (AvgIpc) is 2.19. The van der Waals surface area contributed by atoms with Crippen LogP contribution in [-0.4, -0.2) is 20.2 Å². The monoisotopic (exact) mass is 191 g/mol. The third kappa shape index (κ3) is 3.62. The van der Waals surface area contributed by atoms with Gasteiger partial charge in [-0.25, -0.2) is 0 Å². The molecule has 0 saturated carbocycles. The highest BCUT2D eigenvalue weighted by Crippen LogP contribution is 2.14. The van der Waals surface area contributed by atoms with Crippen LogP contribution in [0.15, 0.2) is 30.3 Å². The molecule has 1 aromatic rings. The number of hydrogen-bond donors (Lipinski definition) is 1. The van der Waals surface area contributed by atoms with Crippen LogP contribution >= 0.6 is 0 Å². The van der Waals surface area contributed by atoms with Crippen molar-refractivity contribution in [1.82, 2.24) is 5.32 Å². The summed E-state index contributed by atoms with van der Waals surface area (Å²) < 4.78 is 5.40. The number of hydrogen-bond acceptors (Lipinski definition) is 2. The third-order valence-electron chi connectivity index (χ3n) is 1.80. The summed E-state index contributed by atoms with van der Waals surface area (Å²) in [6.07, 6.45) is 4.17. The zero-order valence-electron chi connectivity index (χ0n) is 8.79. The molecule has 0 aliphatic heterocycles. The lowest BCUT2D eigenvalue weighted by atomic mass is 10.2. The fourth-order valence-electron chi connectivity index (χ4n) is 1.19. The van der Waals surface area contributed by atoms with Crippen LogP contribution in [-0.2, 0) is 0 Å². The molecule has 1 aromatic carbocycles. The van der Waals surface area contributed by atoms with Crippen LogP contribution in [0, 0.1) is 0 Å². The molecule has 0 atom stereocenters. The van der Waals surface area contributed by atoms with E-state index in [-0.39, 0.29) is 0 Å². The fraction of sp³-hybridized carbons (Fsp3) is 0.333. The van der Waals surface area contributed by atoms with Crippen LogP contribution in [0.5, 0.6) is 5.75 Å². The quantitative estimate of drug-likeness (QED) is 0.771. The fourth-order valence-corrected chi connectivity index (χ4v) is 1.19. The Bertz CT molecular complexity index is 294. The Morgan fingerprint density at radius 1 is 1.43 bits per heavy atom. The van der Waals surface area contributed by atoms with Crippen molar-refractivity contribution in [2.45, 2.75) is 6.92 Å². The molecular weight excluding hydrogens is 174 g/mol. The number of ether oxygens (including phenoxy) is 1. The zero-order chi connectivity index (χ0) is 10.2. The number of likely N-dealkylation sites (N-methyl/N-ethyl adjacent to an activating group) is 1. The van der Waals surface area contributed by atoms with Crippen LogP contribution in [0.2, 0.25) is 0 Å². The molecule has 0 fully saturated rings. The van der Waals surface area contributed by atoms with Gasteiger partial charge in [-0.2, -0.15) is 0 Å². The number of nitrogens with one attached hydrogen (secondary N) is 1. The van der Waals surface area contributed by atoms with Gasteiger partial charge in [-0.1, -0.05) is 24.3 Å². The van der Waals surface area contributed by atoms with Crippen LogP contribution in [0.4, 0.5) is 0 Å². The Morgan fingerprint density at radius 3 is 3.00 bits per heavy atom. The van der Waals surface area contributed by atoms with Gasteiger partial charge >= 0.3 is 0 Å². The van der Waals surface area contributed by atoms with Gasteiger partial charge in [0.15, 0.2) is 0 Å². The Labute approximate surface area is 85.6 Å². The molecule has 2 nitrogen and oxygen atoms in total. The second kappa shape index (κ2) is 6.22. The van der Waals surface area contributed by atoms with Gasteiger partial charge in [-0.05, 0) is 31.7 Å². The minimum Gasteiger partial charge on any atom is -0.494 e. The van der Waals surface area contributed by atoms with E-state index in [1.54, 1.807) is 0 Å². The maximum atomic E-state index is 5.40. The second-order valence-electron chi connectivity index (χ2n) is 2.97. The first-order chi connectivity index (χ1) is 6.86. The van der Waals surface area contributed by atoms with Gasteiger partial charge < -0.3 is 10.1 Å². The largest absolute Gasteiger partial charge is 0.494 e. The van der Waals surface area contributed by atoms with Gasteiger partial charge in [-0.15, -0.1) is 0 Å². The highest BCUT2D eigenvalue weighted by atomic mass is 16.5. The van der Waals surface area contributed by atoms with Crippen LogP contribution in [0.1, 0.15) is 12.5 Å². The molecule has 0 spiro atoms. The highest BCUT2D eigenvalue weighted by Gasteiger charge is 1.91. The normalized spacial score (nSPS) is 10.7. The van der Waals surface area contributed by atoms with Gasteiger partial charge in [0.2, 0.25) is 0 Å². The minimum absolute atomic E-state index is 0.712. The Balaban J connectivity index is 2.63. The molecule has 2 heteroatoms. The number of benzene rings is 1. The van der Waals surface area contributed by atoms with Crippen LogP contribution in [0.3, 0.4) is 0 Å². The summed E-state index contributed by atoms with van der Waals surface area (Å²) in [5.41, 5.74) is 1.17. The summed E-state index contributed by atoms with van der Waals surface area (Å²) in [5, 5.41) is 3.06. The summed E-state index contributed by atoms with van der Waals surface area (Å²) in [6.45, 7) is 3.59. The lowest BCUT2D eigenvalue weighted by Crippen LogP contribution is -2.03. The molecule has 1 rings (SSSR count). The van der Waals surface area contributed by atoms with Crippen molar-refractivity contribution < 1.29 is 4.74 Å². The van der Waals surface area contributed by atoms with Gasteiger partial charge in [0, 0.05) is 6.54 Å². The first-order valence-electron chi connectivity index (χ1n) is 4.91. The van der Waals surface area contributed by atoms with Gasteiger partial charge in [0.05, 0.1) is 6.61 Å². The van der Waals surface area contributed by atoms with E-state index in [4.69, 9.17) is 4.74 Å². The summed E-state index contributed by atoms with van der Waals surface area (Å²) >= 11 is 0. The molecule has 0 saturated heterocycles. The molecule has 0 amide bonds. The maximum Gasteiger partial charge on any atom is 0.119 e. The molecule has 14 heavy (non-hydrogen) atoms. The topological polar surface area (TPSA) is 21.3 Å². The third-order valence-corrected chi connectivity index (χ3v) is 1.80. The van der Waals surface area contributed by atoms with Gasteiger partial charge in [-0.3, -0.25) is 0 Å².